The molecular formula is C16H23NO6S. The first-order valence-electron chi connectivity index (χ1n) is 7.44. The Morgan fingerprint density at radius 3 is 2.25 bits per heavy atom. The van der Waals surface area contributed by atoms with Gasteiger partial charge in [0.2, 0.25) is 5.75 Å². The number of hydrogen-bond acceptors (Lipinski definition) is 6. The van der Waals surface area contributed by atoms with Crippen LogP contribution in [0.4, 0.5) is 0 Å². The van der Waals surface area contributed by atoms with Crippen molar-refractivity contribution in [1.29, 1.82) is 0 Å². The third-order valence-electron chi connectivity index (χ3n) is 3.82. The summed E-state index contributed by atoms with van der Waals surface area (Å²) in [6.07, 6.45) is 2.32. The highest BCUT2D eigenvalue weighted by molar-refractivity contribution is 7.85. The number of fused-ring (bicyclic) bond motifs is 1. The summed E-state index contributed by atoms with van der Waals surface area (Å²) in [5, 5.41) is 0.914. The van der Waals surface area contributed by atoms with Gasteiger partial charge in [-0.25, -0.2) is 0 Å². The molecule has 8 heteroatoms. The molecule has 0 aliphatic heterocycles. The van der Waals surface area contributed by atoms with E-state index in [1.54, 1.807) is 21.3 Å². The first kappa shape index (κ1) is 18.4. The molecular weight excluding hydrogens is 334 g/mol. The van der Waals surface area contributed by atoms with Gasteiger partial charge in [0, 0.05) is 24.2 Å². The summed E-state index contributed by atoms with van der Waals surface area (Å²) in [5.74, 6) is 1.75. The molecule has 0 atom stereocenters. The number of hydrogen-bond donors (Lipinski definition) is 0. The van der Waals surface area contributed by atoms with Crippen molar-refractivity contribution in [3.63, 3.8) is 0 Å². The maximum Gasteiger partial charge on any atom is 0.264 e. The van der Waals surface area contributed by atoms with E-state index < -0.39 is 10.1 Å². The highest BCUT2D eigenvalue weighted by Crippen LogP contribution is 2.44. The third-order valence-corrected chi connectivity index (χ3v) is 4.42. The van der Waals surface area contributed by atoms with Gasteiger partial charge in [0.1, 0.15) is 0 Å². The van der Waals surface area contributed by atoms with Crippen LogP contribution >= 0.6 is 0 Å². The number of aryl methyl sites for hydroxylation is 2. The van der Waals surface area contributed by atoms with Gasteiger partial charge in [-0.15, -0.1) is 0 Å². The number of aromatic nitrogens is 1. The molecule has 0 spiro atoms. The smallest absolute Gasteiger partial charge is 0.264 e. The van der Waals surface area contributed by atoms with E-state index in [1.807, 2.05) is 23.7 Å². The molecule has 1 aromatic carbocycles. The topological polar surface area (TPSA) is 76.0 Å². The number of benzene rings is 1. The second-order valence-corrected chi connectivity index (χ2v) is 7.05. The molecule has 24 heavy (non-hydrogen) atoms. The van der Waals surface area contributed by atoms with Gasteiger partial charge in [0.25, 0.3) is 10.1 Å². The van der Waals surface area contributed by atoms with E-state index in [1.165, 1.54) is 0 Å². The van der Waals surface area contributed by atoms with Crippen LogP contribution in [-0.4, -0.2) is 47.2 Å². The maximum atomic E-state index is 11.0. The van der Waals surface area contributed by atoms with Crippen LogP contribution in [0, 0.1) is 0 Å². The molecule has 2 rings (SSSR count). The zero-order valence-electron chi connectivity index (χ0n) is 14.6. The molecule has 7 nitrogen and oxygen atoms in total. The van der Waals surface area contributed by atoms with E-state index in [0.717, 1.165) is 22.9 Å². The minimum absolute atomic E-state index is 0.157. The zero-order valence-corrected chi connectivity index (χ0v) is 15.4. The van der Waals surface area contributed by atoms with Gasteiger partial charge in [-0.05, 0) is 18.9 Å². The van der Waals surface area contributed by atoms with Crippen molar-refractivity contribution in [2.24, 2.45) is 7.05 Å². The quantitative estimate of drug-likeness (QED) is 0.532. The summed E-state index contributed by atoms with van der Waals surface area (Å²) < 4.78 is 45.1. The Kier molecular flexibility index (Phi) is 5.61. The van der Waals surface area contributed by atoms with Crippen LogP contribution in [0.3, 0.4) is 0 Å². The highest BCUT2D eigenvalue weighted by Gasteiger charge is 2.19. The van der Waals surface area contributed by atoms with Gasteiger partial charge in [-0.3, -0.25) is 4.18 Å². The first-order chi connectivity index (χ1) is 11.3. The maximum absolute atomic E-state index is 11.0. The average molecular weight is 357 g/mol. The molecule has 0 fully saturated rings. The third kappa shape index (κ3) is 3.76. The van der Waals surface area contributed by atoms with Crippen LogP contribution < -0.4 is 14.2 Å². The molecule has 2 aromatic rings. The van der Waals surface area contributed by atoms with Crippen molar-refractivity contribution >= 4 is 21.0 Å². The van der Waals surface area contributed by atoms with Crippen LogP contribution in [-0.2, 0) is 27.8 Å². The predicted molar refractivity (Wildman–Crippen MR) is 91.7 cm³/mol. The average Bonchev–Trinajstić information content (AvgIpc) is 2.84. The minimum Gasteiger partial charge on any atom is -0.493 e. The molecule has 0 N–H and O–H groups in total. The molecule has 0 unspecified atom stereocenters. The Labute approximate surface area is 142 Å². The fourth-order valence-electron chi connectivity index (χ4n) is 2.70. The molecule has 134 valence electrons. The van der Waals surface area contributed by atoms with Gasteiger partial charge in [0.15, 0.2) is 11.5 Å². The standard InChI is InChI=1S/C16H23NO6S/c1-17-11(7-6-8-23-24(5,18)19)9-12-13(17)10-14(20-2)16(22-4)15(12)21-3/h9-10H,6-8H2,1-5H3. The number of methoxy groups -OCH3 is 3. The summed E-state index contributed by atoms with van der Waals surface area (Å²) in [6, 6.07) is 3.91. The summed E-state index contributed by atoms with van der Waals surface area (Å²) in [6.45, 7) is 0.157. The second-order valence-electron chi connectivity index (χ2n) is 5.40. The van der Waals surface area contributed by atoms with E-state index in [2.05, 4.69) is 0 Å². The van der Waals surface area contributed by atoms with Crippen LogP contribution in [0.1, 0.15) is 12.1 Å². The Bertz CT molecular complexity index is 825. The fourth-order valence-corrected chi connectivity index (χ4v) is 3.12. The summed E-state index contributed by atoms with van der Waals surface area (Å²) in [5.41, 5.74) is 1.99. The first-order valence-corrected chi connectivity index (χ1v) is 9.25. The second kappa shape index (κ2) is 7.31. The molecule has 0 saturated heterocycles. The van der Waals surface area contributed by atoms with Gasteiger partial charge in [-0.2, -0.15) is 8.42 Å². The minimum atomic E-state index is -3.40. The van der Waals surface area contributed by atoms with Gasteiger partial charge in [0.05, 0.1) is 39.7 Å². The highest BCUT2D eigenvalue weighted by atomic mass is 32.2. The van der Waals surface area contributed by atoms with Gasteiger partial charge < -0.3 is 18.8 Å². The van der Waals surface area contributed by atoms with Crippen LogP contribution in [0.5, 0.6) is 17.2 Å². The van der Waals surface area contributed by atoms with Crippen LogP contribution in [0.15, 0.2) is 12.1 Å². The Morgan fingerprint density at radius 2 is 1.71 bits per heavy atom. The van der Waals surface area contributed by atoms with Crippen LogP contribution in [0.25, 0.3) is 10.9 Å². The van der Waals surface area contributed by atoms with E-state index >= 15 is 0 Å². The van der Waals surface area contributed by atoms with E-state index in [9.17, 15) is 8.42 Å². The zero-order chi connectivity index (χ0) is 17.9. The van der Waals surface area contributed by atoms with Gasteiger partial charge >= 0.3 is 0 Å². The summed E-state index contributed by atoms with van der Waals surface area (Å²) in [7, 11) is 3.28. The molecule has 0 aliphatic rings. The van der Waals surface area contributed by atoms with E-state index in [-0.39, 0.29) is 6.61 Å². The molecule has 0 bridgehead atoms. The molecule has 0 aliphatic carbocycles. The SMILES string of the molecule is COc1cc2c(cc(CCCOS(C)(=O)=O)n2C)c(OC)c1OC. The molecule has 0 radical (unpaired) electrons. The molecule has 1 heterocycles. The largest absolute Gasteiger partial charge is 0.493 e. The summed E-state index contributed by atoms with van der Waals surface area (Å²) >= 11 is 0. The van der Waals surface area contributed by atoms with Crippen molar-refractivity contribution in [1.82, 2.24) is 4.57 Å². The molecule has 0 amide bonds. The Hall–Kier alpha value is -1.93. The van der Waals surface area contributed by atoms with Crippen molar-refractivity contribution in [3.8, 4) is 17.2 Å². The lowest BCUT2D eigenvalue weighted by atomic mass is 10.2. The van der Waals surface area contributed by atoms with E-state index in [4.69, 9.17) is 18.4 Å². The molecule has 0 saturated carbocycles. The Morgan fingerprint density at radius 1 is 1.04 bits per heavy atom. The van der Waals surface area contributed by atoms with Crippen molar-refractivity contribution in [2.75, 3.05) is 34.2 Å². The van der Waals surface area contributed by atoms with Crippen molar-refractivity contribution < 1.29 is 26.8 Å². The lowest BCUT2D eigenvalue weighted by Gasteiger charge is -2.13. The fraction of sp³-hybridized carbons (Fsp3) is 0.500. The lowest BCUT2D eigenvalue weighted by Crippen LogP contribution is -2.06. The number of ether oxygens (including phenoxy) is 3. The van der Waals surface area contributed by atoms with Crippen molar-refractivity contribution in [3.05, 3.63) is 17.8 Å². The molecule has 1 aromatic heterocycles. The Balaban J connectivity index is 2.35. The number of rotatable bonds is 8. The van der Waals surface area contributed by atoms with Gasteiger partial charge in [-0.1, -0.05) is 0 Å². The predicted octanol–water partition coefficient (Wildman–Crippen LogP) is 2.11. The summed E-state index contributed by atoms with van der Waals surface area (Å²) in [4.78, 5) is 0. The number of nitrogens with zero attached hydrogens (tertiary/aromatic N) is 1. The van der Waals surface area contributed by atoms with Crippen LogP contribution in [0.2, 0.25) is 0 Å². The van der Waals surface area contributed by atoms with Crippen molar-refractivity contribution in [2.45, 2.75) is 12.8 Å². The monoisotopic (exact) mass is 357 g/mol. The lowest BCUT2D eigenvalue weighted by molar-refractivity contribution is 0.315. The van der Waals surface area contributed by atoms with E-state index in [0.29, 0.717) is 30.1 Å². The normalized spacial score (nSPS) is 11.7.